The predicted octanol–water partition coefficient (Wildman–Crippen LogP) is -0.0229. The van der Waals surface area contributed by atoms with Crippen molar-refractivity contribution < 1.29 is 28.2 Å². The molecule has 98 valence electrons. The second-order valence-electron chi connectivity index (χ2n) is 4.01. The fourth-order valence-corrected chi connectivity index (χ4v) is 3.02. The summed E-state index contributed by atoms with van der Waals surface area (Å²) in [6, 6.07) is 5.20. The Balaban J connectivity index is 2.25. The predicted molar refractivity (Wildman–Crippen MR) is 60.8 cm³/mol. The molecule has 1 aromatic carbocycles. The Morgan fingerprint density at radius 2 is 1.83 bits per heavy atom. The third-order valence-electron chi connectivity index (χ3n) is 2.80. The van der Waals surface area contributed by atoms with Crippen molar-refractivity contribution in [3.63, 3.8) is 0 Å². The number of rotatable bonds is 4. The van der Waals surface area contributed by atoms with Crippen LogP contribution in [-0.4, -0.2) is 43.1 Å². The van der Waals surface area contributed by atoms with E-state index in [9.17, 15) is 18.3 Å². The van der Waals surface area contributed by atoms with Gasteiger partial charge in [0, 0.05) is 0 Å². The summed E-state index contributed by atoms with van der Waals surface area (Å²) < 4.78 is 28.8. The third-order valence-corrected chi connectivity index (χ3v) is 4.88. The molecule has 1 aromatic rings. The molecule has 0 amide bonds. The normalized spacial score (nSPS) is 18.1. The van der Waals surface area contributed by atoms with Crippen molar-refractivity contribution in [3.05, 3.63) is 29.8 Å². The number of aliphatic hydroxyl groups excluding tert-OH is 1. The Hall–Kier alpha value is -1.44. The number of ether oxygens (including phenoxy) is 1. The van der Waals surface area contributed by atoms with Crippen molar-refractivity contribution in [1.82, 2.24) is 0 Å². The lowest BCUT2D eigenvalue weighted by Crippen LogP contribution is -2.40. The lowest BCUT2D eigenvalue weighted by atomic mass is 10.1. The molecule has 0 radical (unpaired) electrons. The van der Waals surface area contributed by atoms with E-state index < -0.39 is 27.2 Å². The fourth-order valence-electron chi connectivity index (χ4n) is 1.57. The van der Waals surface area contributed by atoms with E-state index in [1.54, 1.807) is 0 Å². The number of carbonyl (C=O) groups is 1. The first kappa shape index (κ1) is 13.0. The van der Waals surface area contributed by atoms with Crippen LogP contribution in [0.15, 0.2) is 29.2 Å². The number of aliphatic carboxylic acids is 1. The van der Waals surface area contributed by atoms with Crippen molar-refractivity contribution in [2.24, 2.45) is 0 Å². The van der Waals surface area contributed by atoms with Crippen LogP contribution in [0.5, 0.6) is 0 Å². The summed E-state index contributed by atoms with van der Waals surface area (Å²) in [6.07, 6.45) is -1.64. The molecule has 0 aliphatic carbocycles. The maximum absolute atomic E-state index is 12.0. The molecule has 1 heterocycles. The highest BCUT2D eigenvalue weighted by atomic mass is 32.2. The van der Waals surface area contributed by atoms with E-state index in [2.05, 4.69) is 0 Å². The molecular formula is C11H12O6S. The van der Waals surface area contributed by atoms with E-state index in [0.29, 0.717) is 0 Å². The van der Waals surface area contributed by atoms with Crippen molar-refractivity contribution in [2.75, 3.05) is 13.2 Å². The van der Waals surface area contributed by atoms with Gasteiger partial charge in [-0.2, -0.15) is 0 Å². The first-order chi connectivity index (χ1) is 8.43. The van der Waals surface area contributed by atoms with Crippen molar-refractivity contribution in [3.8, 4) is 0 Å². The summed E-state index contributed by atoms with van der Waals surface area (Å²) >= 11 is 0. The summed E-state index contributed by atoms with van der Waals surface area (Å²) in [5, 5.41) is 17.4. The van der Waals surface area contributed by atoms with Gasteiger partial charge in [0.25, 0.3) is 0 Å². The minimum Gasteiger partial charge on any atom is -0.479 e. The molecule has 18 heavy (non-hydrogen) atoms. The zero-order valence-electron chi connectivity index (χ0n) is 9.31. The third kappa shape index (κ3) is 2.24. The van der Waals surface area contributed by atoms with Crippen LogP contribution in [0.1, 0.15) is 11.7 Å². The summed E-state index contributed by atoms with van der Waals surface area (Å²) in [5.74, 6) is -1.38. The van der Waals surface area contributed by atoms with Crippen LogP contribution in [0.3, 0.4) is 0 Å². The van der Waals surface area contributed by atoms with Gasteiger partial charge in [-0.15, -0.1) is 0 Å². The van der Waals surface area contributed by atoms with Crippen LogP contribution in [-0.2, 0) is 19.4 Å². The lowest BCUT2D eigenvalue weighted by Gasteiger charge is -2.25. The highest BCUT2D eigenvalue weighted by Crippen LogP contribution is 2.23. The molecule has 1 atom stereocenters. The van der Waals surface area contributed by atoms with Crippen LogP contribution in [0.4, 0.5) is 0 Å². The van der Waals surface area contributed by atoms with E-state index in [-0.39, 0.29) is 23.7 Å². The van der Waals surface area contributed by atoms with Gasteiger partial charge in [0.15, 0.2) is 15.9 Å². The SMILES string of the molecule is O=C(O)C(O)c1ccc(S(=O)(=O)C2COC2)cc1. The summed E-state index contributed by atoms with van der Waals surface area (Å²) in [4.78, 5) is 10.7. The number of benzene rings is 1. The first-order valence-electron chi connectivity index (χ1n) is 5.25. The van der Waals surface area contributed by atoms with Gasteiger partial charge >= 0.3 is 5.97 Å². The van der Waals surface area contributed by atoms with Crippen molar-refractivity contribution in [1.29, 1.82) is 0 Å². The molecule has 2 rings (SSSR count). The van der Waals surface area contributed by atoms with Crippen LogP contribution < -0.4 is 0 Å². The molecule has 0 saturated carbocycles. The average molecular weight is 272 g/mol. The Kier molecular flexibility index (Phi) is 3.38. The van der Waals surface area contributed by atoms with E-state index in [4.69, 9.17) is 9.84 Å². The van der Waals surface area contributed by atoms with Crippen molar-refractivity contribution >= 4 is 15.8 Å². The molecule has 2 N–H and O–H groups in total. The monoisotopic (exact) mass is 272 g/mol. The smallest absolute Gasteiger partial charge is 0.337 e. The van der Waals surface area contributed by atoms with Gasteiger partial charge < -0.3 is 14.9 Å². The molecule has 1 aliphatic heterocycles. The van der Waals surface area contributed by atoms with Gasteiger partial charge in [-0.25, -0.2) is 13.2 Å². The Morgan fingerprint density at radius 3 is 2.22 bits per heavy atom. The van der Waals surface area contributed by atoms with Gasteiger partial charge in [0.1, 0.15) is 5.25 Å². The van der Waals surface area contributed by atoms with E-state index in [1.165, 1.54) is 24.3 Å². The number of aliphatic hydroxyl groups is 1. The largest absolute Gasteiger partial charge is 0.479 e. The molecule has 0 bridgehead atoms. The van der Waals surface area contributed by atoms with E-state index >= 15 is 0 Å². The number of carboxylic acids is 1. The summed E-state index contributed by atoms with van der Waals surface area (Å²) in [7, 11) is -3.42. The molecule has 1 saturated heterocycles. The lowest BCUT2D eigenvalue weighted by molar-refractivity contribution is -0.146. The average Bonchev–Trinajstić information content (AvgIpc) is 2.25. The molecular weight excluding hydrogens is 260 g/mol. The van der Waals surface area contributed by atoms with E-state index in [1.807, 2.05) is 0 Å². The zero-order valence-corrected chi connectivity index (χ0v) is 10.1. The van der Waals surface area contributed by atoms with Gasteiger partial charge in [0.2, 0.25) is 0 Å². The van der Waals surface area contributed by atoms with Crippen LogP contribution in [0, 0.1) is 0 Å². The fraction of sp³-hybridized carbons (Fsp3) is 0.364. The Bertz CT molecular complexity index is 543. The molecule has 1 aliphatic rings. The first-order valence-corrected chi connectivity index (χ1v) is 6.80. The topological polar surface area (TPSA) is 101 Å². The van der Waals surface area contributed by atoms with Gasteiger partial charge in [0.05, 0.1) is 18.1 Å². The molecule has 7 heteroatoms. The second kappa shape index (κ2) is 4.68. The quantitative estimate of drug-likeness (QED) is 0.798. The molecule has 0 aromatic heterocycles. The maximum Gasteiger partial charge on any atom is 0.337 e. The van der Waals surface area contributed by atoms with Crippen molar-refractivity contribution in [2.45, 2.75) is 16.2 Å². The minimum absolute atomic E-state index is 0.108. The summed E-state index contributed by atoms with van der Waals surface area (Å²) in [6.45, 7) is 0.365. The second-order valence-corrected chi connectivity index (χ2v) is 6.24. The number of carboxylic acid groups (broad SMARTS) is 1. The molecule has 0 spiro atoms. The highest BCUT2D eigenvalue weighted by Gasteiger charge is 2.33. The Labute approximate surface area is 104 Å². The highest BCUT2D eigenvalue weighted by molar-refractivity contribution is 7.92. The van der Waals surface area contributed by atoms with Crippen LogP contribution in [0.25, 0.3) is 0 Å². The number of hydrogen-bond acceptors (Lipinski definition) is 5. The maximum atomic E-state index is 12.0. The Morgan fingerprint density at radius 1 is 1.28 bits per heavy atom. The van der Waals surface area contributed by atoms with Gasteiger partial charge in [-0.05, 0) is 17.7 Å². The van der Waals surface area contributed by atoms with E-state index in [0.717, 1.165) is 0 Å². The molecule has 6 nitrogen and oxygen atoms in total. The van der Waals surface area contributed by atoms with Gasteiger partial charge in [-0.1, -0.05) is 12.1 Å². The zero-order chi connectivity index (χ0) is 13.3. The minimum atomic E-state index is -3.42. The number of sulfone groups is 1. The molecule has 1 unspecified atom stereocenters. The standard InChI is InChI=1S/C11H12O6S/c12-10(11(13)14)7-1-3-8(4-2-7)18(15,16)9-5-17-6-9/h1-4,9-10,12H,5-6H2,(H,13,14). The van der Waals surface area contributed by atoms with Crippen LogP contribution >= 0.6 is 0 Å². The molecule has 1 fully saturated rings. The summed E-state index contributed by atoms with van der Waals surface area (Å²) in [5.41, 5.74) is 0.145. The number of hydrogen-bond donors (Lipinski definition) is 2. The van der Waals surface area contributed by atoms with Crippen LogP contribution in [0.2, 0.25) is 0 Å². The van der Waals surface area contributed by atoms with Gasteiger partial charge in [-0.3, -0.25) is 0 Å².